The molecule has 1 saturated carbocycles. The van der Waals surface area contributed by atoms with Gasteiger partial charge in [0.2, 0.25) is 0 Å². The van der Waals surface area contributed by atoms with Crippen LogP contribution in [0.2, 0.25) is 0 Å². The summed E-state index contributed by atoms with van der Waals surface area (Å²) in [6.07, 6.45) is 7.45. The first-order valence-electron chi connectivity index (χ1n) is 13.9. The lowest BCUT2D eigenvalue weighted by Crippen LogP contribution is -2.44. The van der Waals surface area contributed by atoms with Crippen molar-refractivity contribution < 1.29 is 9.53 Å². The van der Waals surface area contributed by atoms with Gasteiger partial charge in [0.05, 0.1) is 6.54 Å². The van der Waals surface area contributed by atoms with Crippen LogP contribution in [0.5, 0.6) is 0 Å². The fraction of sp³-hybridized carbons (Fsp3) is 0.516. The van der Waals surface area contributed by atoms with Gasteiger partial charge in [-0.25, -0.2) is 4.79 Å². The first-order chi connectivity index (χ1) is 17.6. The van der Waals surface area contributed by atoms with E-state index in [0.29, 0.717) is 12.6 Å². The average molecular weight is 488 g/mol. The number of likely N-dealkylation sites (tertiary alicyclic amines) is 1. The van der Waals surface area contributed by atoms with Crippen molar-refractivity contribution in [3.8, 4) is 0 Å². The molecular weight excluding hydrogens is 446 g/mol. The molecule has 1 N–H and O–H groups in total. The number of carbonyl (C=O) groups is 1. The Bertz CT molecular complexity index is 1120. The number of ether oxygens (including phenoxy) is 1. The minimum atomic E-state index is -0.373. The number of fused-ring (bicyclic) bond motifs is 1. The molecule has 2 fully saturated rings. The van der Waals surface area contributed by atoms with Gasteiger partial charge in [-0.3, -0.25) is 0 Å². The molecule has 0 radical (unpaired) electrons. The molecule has 2 aromatic carbocycles. The second-order valence-electron chi connectivity index (χ2n) is 11.1. The number of nitrogens with one attached hydrogen (secondary N) is 1. The second-order valence-corrected chi connectivity index (χ2v) is 11.1. The Morgan fingerprint density at radius 3 is 2.33 bits per heavy atom. The number of benzene rings is 2. The van der Waals surface area contributed by atoms with Gasteiger partial charge < -0.3 is 19.5 Å². The molecule has 3 aromatic rings. The maximum absolute atomic E-state index is 12.4. The molecule has 5 heteroatoms. The van der Waals surface area contributed by atoms with E-state index in [-0.39, 0.29) is 12.7 Å². The molecular formula is C31H41N3O2. The minimum absolute atomic E-state index is 0.285. The third kappa shape index (κ3) is 5.78. The molecule has 1 saturated heterocycles. The maximum atomic E-state index is 12.4. The summed E-state index contributed by atoms with van der Waals surface area (Å²) < 4.78 is 7.93. The predicted octanol–water partition coefficient (Wildman–Crippen LogP) is 6.92. The van der Waals surface area contributed by atoms with E-state index in [2.05, 4.69) is 59.0 Å². The lowest BCUT2D eigenvalue weighted by molar-refractivity contribution is 0.0888. The zero-order valence-electron chi connectivity index (χ0n) is 21.9. The summed E-state index contributed by atoms with van der Waals surface area (Å²) in [5, 5.41) is 4.23. The third-order valence-electron chi connectivity index (χ3n) is 8.52. The summed E-state index contributed by atoms with van der Waals surface area (Å²) in [6, 6.07) is 21.9. The Morgan fingerprint density at radius 1 is 0.917 bits per heavy atom. The van der Waals surface area contributed by atoms with Crippen molar-refractivity contribution in [3.05, 3.63) is 71.9 Å². The van der Waals surface area contributed by atoms with Crippen LogP contribution in [0, 0.1) is 11.8 Å². The van der Waals surface area contributed by atoms with E-state index in [4.69, 9.17) is 4.74 Å². The Kier molecular flexibility index (Phi) is 7.96. The van der Waals surface area contributed by atoms with Crippen LogP contribution in [0.1, 0.15) is 69.7 Å². The van der Waals surface area contributed by atoms with Crippen LogP contribution in [0.4, 0.5) is 4.79 Å². The van der Waals surface area contributed by atoms with Gasteiger partial charge in [0.1, 0.15) is 6.61 Å². The highest BCUT2D eigenvalue weighted by Crippen LogP contribution is 2.36. The molecule has 2 heterocycles. The van der Waals surface area contributed by atoms with Gasteiger partial charge in [-0.1, -0.05) is 62.4 Å². The van der Waals surface area contributed by atoms with E-state index in [1.54, 1.807) is 0 Å². The predicted molar refractivity (Wildman–Crippen MR) is 146 cm³/mol. The van der Waals surface area contributed by atoms with Gasteiger partial charge in [-0.15, -0.1) is 0 Å². The number of hydrogen-bond donors (Lipinski definition) is 1. The first kappa shape index (κ1) is 24.9. The number of carbonyl (C=O) groups excluding carboxylic acids is 1. The summed E-state index contributed by atoms with van der Waals surface area (Å²) in [5.74, 6) is 1.74. The average Bonchev–Trinajstić information content (AvgIpc) is 3.30. The van der Waals surface area contributed by atoms with Gasteiger partial charge >= 0.3 is 6.09 Å². The normalized spacial score (nSPS) is 21.6. The van der Waals surface area contributed by atoms with Gasteiger partial charge in [0.15, 0.2) is 0 Å². The smallest absolute Gasteiger partial charge is 0.407 e. The van der Waals surface area contributed by atoms with Gasteiger partial charge in [-0.2, -0.15) is 0 Å². The molecule has 0 unspecified atom stereocenters. The number of nitrogens with zero attached hydrogens (tertiary/aromatic N) is 2. The van der Waals surface area contributed by atoms with Crippen LogP contribution in [-0.4, -0.2) is 34.7 Å². The summed E-state index contributed by atoms with van der Waals surface area (Å²) in [4.78, 5) is 15.2. The van der Waals surface area contributed by atoms with Crippen molar-refractivity contribution in [2.75, 3.05) is 13.1 Å². The quantitative estimate of drug-likeness (QED) is 0.393. The molecule has 1 aliphatic carbocycles. The molecule has 5 nitrogen and oxygen atoms in total. The maximum Gasteiger partial charge on any atom is 0.407 e. The minimum Gasteiger partial charge on any atom is -0.445 e. The van der Waals surface area contributed by atoms with Crippen molar-refractivity contribution in [2.45, 2.75) is 77.6 Å². The van der Waals surface area contributed by atoms with E-state index in [1.165, 1.54) is 49.7 Å². The van der Waals surface area contributed by atoms with Crippen LogP contribution in [0.15, 0.2) is 60.7 Å². The standard InChI is InChI=1S/C31H41N3O2/c1-23(2)25-12-14-27(15-13-25)33-18-16-28(17-19-33)34-29(20-26-10-6-7-11-30(26)34)21-32-31(35)36-22-24-8-4-3-5-9-24/h3-11,20,23,25,27-28H,12-19,21-22H2,1-2H3,(H,32,35)/t25-,27+. The summed E-state index contributed by atoms with van der Waals surface area (Å²) in [7, 11) is 0. The zero-order valence-corrected chi connectivity index (χ0v) is 21.9. The van der Waals surface area contributed by atoms with E-state index in [0.717, 1.165) is 42.0 Å². The highest BCUT2D eigenvalue weighted by atomic mass is 16.5. The number of piperidine rings is 1. The molecule has 1 aliphatic heterocycles. The topological polar surface area (TPSA) is 46.5 Å². The lowest BCUT2D eigenvalue weighted by Gasteiger charge is -2.42. The van der Waals surface area contributed by atoms with E-state index in [9.17, 15) is 4.79 Å². The van der Waals surface area contributed by atoms with Gasteiger partial charge in [0, 0.05) is 36.4 Å². The van der Waals surface area contributed by atoms with Crippen LogP contribution < -0.4 is 5.32 Å². The molecule has 192 valence electrons. The van der Waals surface area contributed by atoms with Crippen LogP contribution in [-0.2, 0) is 17.9 Å². The van der Waals surface area contributed by atoms with E-state index >= 15 is 0 Å². The SMILES string of the molecule is CC(C)[C@H]1CC[C@@H](N2CCC(n3c(CNC(=O)OCc4ccccc4)cc4ccccc43)CC2)CC1. The first-order valence-corrected chi connectivity index (χ1v) is 13.9. The van der Waals surface area contributed by atoms with Crippen LogP contribution in [0.3, 0.4) is 0 Å². The largest absolute Gasteiger partial charge is 0.445 e. The lowest BCUT2D eigenvalue weighted by atomic mass is 9.79. The molecule has 2 aliphatic rings. The summed E-state index contributed by atoms with van der Waals surface area (Å²) in [5.41, 5.74) is 3.41. The van der Waals surface area contributed by atoms with Gasteiger partial charge in [0.25, 0.3) is 0 Å². The van der Waals surface area contributed by atoms with E-state index < -0.39 is 0 Å². The molecule has 0 bridgehead atoms. The molecule has 1 amide bonds. The Morgan fingerprint density at radius 2 is 1.61 bits per heavy atom. The monoisotopic (exact) mass is 487 g/mol. The van der Waals surface area contributed by atoms with Crippen LogP contribution in [0.25, 0.3) is 10.9 Å². The number of rotatable bonds is 7. The fourth-order valence-electron chi connectivity index (χ4n) is 6.38. The Balaban J connectivity index is 1.21. The molecule has 5 rings (SSSR count). The third-order valence-corrected chi connectivity index (χ3v) is 8.52. The van der Waals surface area contributed by atoms with Gasteiger partial charge in [-0.05, 0) is 73.4 Å². The van der Waals surface area contributed by atoms with E-state index in [1.807, 2.05) is 30.3 Å². The number of para-hydroxylation sites is 1. The molecule has 0 spiro atoms. The van der Waals surface area contributed by atoms with Crippen molar-refractivity contribution in [3.63, 3.8) is 0 Å². The number of hydrogen-bond acceptors (Lipinski definition) is 3. The van der Waals surface area contributed by atoms with Crippen molar-refractivity contribution in [2.24, 2.45) is 11.8 Å². The number of amides is 1. The fourth-order valence-corrected chi connectivity index (χ4v) is 6.38. The van der Waals surface area contributed by atoms with Crippen LogP contribution >= 0.6 is 0 Å². The Labute approximate surface area is 215 Å². The Hall–Kier alpha value is -2.79. The second kappa shape index (κ2) is 11.5. The molecule has 1 aromatic heterocycles. The van der Waals surface area contributed by atoms with Crippen molar-refractivity contribution >= 4 is 17.0 Å². The summed E-state index contributed by atoms with van der Waals surface area (Å²) >= 11 is 0. The summed E-state index contributed by atoms with van der Waals surface area (Å²) in [6.45, 7) is 7.86. The molecule has 36 heavy (non-hydrogen) atoms. The van der Waals surface area contributed by atoms with Crippen molar-refractivity contribution in [1.82, 2.24) is 14.8 Å². The highest BCUT2D eigenvalue weighted by Gasteiger charge is 2.31. The highest BCUT2D eigenvalue weighted by molar-refractivity contribution is 5.81. The molecule has 0 atom stereocenters. The number of aromatic nitrogens is 1. The van der Waals surface area contributed by atoms with Crippen molar-refractivity contribution in [1.29, 1.82) is 0 Å². The zero-order chi connectivity index (χ0) is 24.9. The number of alkyl carbamates (subject to hydrolysis) is 1.